The first-order chi connectivity index (χ1) is 8.61. The Balaban J connectivity index is 2.23. The Morgan fingerprint density at radius 2 is 2.22 bits per heavy atom. The van der Waals surface area contributed by atoms with Gasteiger partial charge in [-0.2, -0.15) is 5.10 Å². The zero-order valence-electron chi connectivity index (χ0n) is 10.3. The summed E-state index contributed by atoms with van der Waals surface area (Å²) < 4.78 is 15.1. The van der Waals surface area contributed by atoms with Crippen molar-refractivity contribution in [3.8, 4) is 0 Å². The van der Waals surface area contributed by atoms with Gasteiger partial charge in [0.2, 0.25) is 0 Å². The molecule has 0 radical (unpaired) electrons. The van der Waals surface area contributed by atoms with Gasteiger partial charge in [0.1, 0.15) is 5.82 Å². The van der Waals surface area contributed by atoms with E-state index in [1.54, 1.807) is 10.7 Å². The van der Waals surface area contributed by atoms with Crippen LogP contribution in [-0.2, 0) is 13.5 Å². The van der Waals surface area contributed by atoms with E-state index in [1.165, 1.54) is 6.07 Å². The van der Waals surface area contributed by atoms with Gasteiger partial charge in [-0.3, -0.25) is 4.68 Å². The molecular weight excluding hydrogens is 253 g/mol. The minimum absolute atomic E-state index is 0.0190. The van der Waals surface area contributed by atoms with Gasteiger partial charge in [0.25, 0.3) is 0 Å². The average molecular weight is 268 g/mol. The van der Waals surface area contributed by atoms with Crippen LogP contribution in [0.1, 0.15) is 17.3 Å². The van der Waals surface area contributed by atoms with Gasteiger partial charge < -0.3 is 5.32 Å². The monoisotopic (exact) mass is 267 g/mol. The highest BCUT2D eigenvalue weighted by Crippen LogP contribution is 2.24. The largest absolute Gasteiger partial charge is 0.311 e. The highest BCUT2D eigenvalue weighted by atomic mass is 35.5. The molecule has 0 saturated carbocycles. The Morgan fingerprint density at radius 1 is 1.44 bits per heavy atom. The van der Waals surface area contributed by atoms with Crippen molar-refractivity contribution in [2.75, 3.05) is 7.05 Å². The van der Waals surface area contributed by atoms with Crippen molar-refractivity contribution in [2.45, 2.75) is 12.5 Å². The fourth-order valence-electron chi connectivity index (χ4n) is 1.90. The summed E-state index contributed by atoms with van der Waals surface area (Å²) in [6.07, 6.45) is 2.48. The van der Waals surface area contributed by atoms with Crippen LogP contribution in [0, 0.1) is 5.82 Å². The molecule has 0 aliphatic carbocycles. The van der Waals surface area contributed by atoms with Crippen molar-refractivity contribution in [1.29, 1.82) is 0 Å². The predicted octanol–water partition coefficient (Wildman–Crippen LogP) is 2.72. The number of hydrogen-bond acceptors (Lipinski definition) is 2. The van der Waals surface area contributed by atoms with E-state index in [0.717, 1.165) is 11.3 Å². The van der Waals surface area contributed by atoms with E-state index in [-0.39, 0.29) is 16.9 Å². The number of nitrogens with one attached hydrogen (secondary N) is 1. The summed E-state index contributed by atoms with van der Waals surface area (Å²) in [4.78, 5) is 0. The van der Waals surface area contributed by atoms with E-state index in [2.05, 4.69) is 10.4 Å². The predicted molar refractivity (Wildman–Crippen MR) is 70.1 cm³/mol. The first-order valence-electron chi connectivity index (χ1n) is 5.71. The van der Waals surface area contributed by atoms with Crippen LogP contribution in [0.15, 0.2) is 30.5 Å². The molecule has 0 amide bonds. The fraction of sp³-hybridized carbons (Fsp3) is 0.308. The fourth-order valence-corrected chi connectivity index (χ4v) is 2.10. The van der Waals surface area contributed by atoms with Gasteiger partial charge >= 0.3 is 0 Å². The van der Waals surface area contributed by atoms with Gasteiger partial charge in [-0.15, -0.1) is 0 Å². The first-order valence-corrected chi connectivity index (χ1v) is 6.09. The van der Waals surface area contributed by atoms with Crippen molar-refractivity contribution >= 4 is 11.6 Å². The Kier molecular flexibility index (Phi) is 3.99. The minimum Gasteiger partial charge on any atom is -0.311 e. The third-order valence-electron chi connectivity index (χ3n) is 2.90. The van der Waals surface area contributed by atoms with Crippen LogP contribution in [0.3, 0.4) is 0 Å². The number of halogens is 2. The topological polar surface area (TPSA) is 29.9 Å². The smallest absolute Gasteiger partial charge is 0.142 e. The Labute approximate surface area is 111 Å². The number of likely N-dealkylation sites (N-methyl/N-ethyl adjacent to an activating group) is 1. The molecule has 1 atom stereocenters. The maximum absolute atomic E-state index is 13.4. The highest BCUT2D eigenvalue weighted by molar-refractivity contribution is 6.31. The second kappa shape index (κ2) is 5.50. The molecule has 5 heteroatoms. The Bertz CT molecular complexity index is 539. The maximum atomic E-state index is 13.4. The molecule has 96 valence electrons. The Morgan fingerprint density at radius 3 is 2.83 bits per heavy atom. The summed E-state index contributed by atoms with van der Waals surface area (Å²) in [5.74, 6) is -0.384. The summed E-state index contributed by atoms with van der Waals surface area (Å²) in [5.41, 5.74) is 1.70. The summed E-state index contributed by atoms with van der Waals surface area (Å²) in [7, 11) is 3.72. The first kappa shape index (κ1) is 13.1. The number of hydrogen-bond donors (Lipinski definition) is 1. The summed E-state index contributed by atoms with van der Waals surface area (Å²) in [5, 5.41) is 7.71. The molecule has 1 heterocycles. The third-order valence-corrected chi connectivity index (χ3v) is 3.32. The van der Waals surface area contributed by atoms with Crippen LogP contribution in [0.5, 0.6) is 0 Å². The zero-order valence-corrected chi connectivity index (χ0v) is 11.1. The van der Waals surface area contributed by atoms with Crippen LogP contribution in [-0.4, -0.2) is 16.8 Å². The van der Waals surface area contributed by atoms with Crippen molar-refractivity contribution in [3.63, 3.8) is 0 Å². The molecule has 1 N–H and O–H groups in total. The second-order valence-electron chi connectivity index (χ2n) is 4.17. The molecule has 3 nitrogen and oxygen atoms in total. The maximum Gasteiger partial charge on any atom is 0.142 e. The molecule has 1 aromatic carbocycles. The van der Waals surface area contributed by atoms with Gasteiger partial charge in [0.05, 0.1) is 16.8 Å². The standard InChI is InChI=1S/C13H15ClFN3/c1-16-12(11-6-7-18(2)17-11)8-9-4-3-5-10(15)13(9)14/h3-7,12,16H,8H2,1-2H3. The van der Waals surface area contributed by atoms with Gasteiger partial charge in [-0.05, 0) is 31.2 Å². The third kappa shape index (κ3) is 2.71. The molecule has 2 rings (SSSR count). The van der Waals surface area contributed by atoms with E-state index in [1.807, 2.05) is 32.4 Å². The highest BCUT2D eigenvalue weighted by Gasteiger charge is 2.15. The Hall–Kier alpha value is -1.39. The zero-order chi connectivity index (χ0) is 13.1. The normalized spacial score (nSPS) is 12.7. The molecular formula is C13H15ClFN3. The van der Waals surface area contributed by atoms with Gasteiger partial charge in [-0.1, -0.05) is 23.7 Å². The van der Waals surface area contributed by atoms with Gasteiger partial charge in [0.15, 0.2) is 0 Å². The van der Waals surface area contributed by atoms with E-state index < -0.39 is 0 Å². The molecule has 0 saturated heterocycles. The molecule has 18 heavy (non-hydrogen) atoms. The molecule has 0 spiro atoms. The van der Waals surface area contributed by atoms with E-state index in [4.69, 9.17) is 11.6 Å². The average Bonchev–Trinajstić information content (AvgIpc) is 2.78. The molecule has 1 aromatic heterocycles. The van der Waals surface area contributed by atoms with Crippen LogP contribution in [0.2, 0.25) is 5.02 Å². The lowest BCUT2D eigenvalue weighted by Gasteiger charge is -2.15. The number of aryl methyl sites for hydroxylation is 1. The molecule has 0 fully saturated rings. The van der Waals surface area contributed by atoms with Gasteiger partial charge in [0, 0.05) is 13.2 Å². The molecule has 0 aliphatic rings. The number of aromatic nitrogens is 2. The summed E-state index contributed by atoms with van der Waals surface area (Å²) >= 11 is 5.96. The van der Waals surface area contributed by atoms with Gasteiger partial charge in [-0.25, -0.2) is 4.39 Å². The van der Waals surface area contributed by atoms with E-state index in [0.29, 0.717) is 6.42 Å². The molecule has 0 bridgehead atoms. The lowest BCUT2D eigenvalue weighted by atomic mass is 10.0. The van der Waals surface area contributed by atoms with Crippen LogP contribution in [0.4, 0.5) is 4.39 Å². The molecule has 2 aromatic rings. The van der Waals surface area contributed by atoms with Crippen molar-refractivity contribution < 1.29 is 4.39 Å². The number of rotatable bonds is 4. The SMILES string of the molecule is CNC(Cc1cccc(F)c1Cl)c1ccn(C)n1. The number of nitrogens with zero attached hydrogens (tertiary/aromatic N) is 2. The molecule has 1 unspecified atom stereocenters. The quantitative estimate of drug-likeness (QED) is 0.923. The lowest BCUT2D eigenvalue weighted by Crippen LogP contribution is -2.20. The minimum atomic E-state index is -0.384. The van der Waals surface area contributed by atoms with Crippen LogP contribution < -0.4 is 5.32 Å². The van der Waals surface area contributed by atoms with Crippen LogP contribution >= 0.6 is 11.6 Å². The summed E-state index contributed by atoms with van der Waals surface area (Å²) in [6, 6.07) is 6.82. The van der Waals surface area contributed by atoms with E-state index in [9.17, 15) is 4.39 Å². The van der Waals surface area contributed by atoms with Crippen molar-refractivity contribution in [1.82, 2.24) is 15.1 Å². The second-order valence-corrected chi connectivity index (χ2v) is 4.55. The number of benzene rings is 1. The lowest BCUT2D eigenvalue weighted by molar-refractivity contribution is 0.559. The molecule has 0 aliphatic heterocycles. The summed E-state index contributed by atoms with van der Waals surface area (Å²) in [6.45, 7) is 0. The van der Waals surface area contributed by atoms with E-state index >= 15 is 0 Å². The van der Waals surface area contributed by atoms with Crippen LogP contribution in [0.25, 0.3) is 0 Å². The van der Waals surface area contributed by atoms with Crippen molar-refractivity contribution in [2.24, 2.45) is 7.05 Å². The van der Waals surface area contributed by atoms with Crippen molar-refractivity contribution in [3.05, 3.63) is 52.6 Å².